The smallest absolute Gasteiger partial charge is 0.271 e. The summed E-state index contributed by atoms with van der Waals surface area (Å²) in [5, 5.41) is 7.12. The summed E-state index contributed by atoms with van der Waals surface area (Å²) in [6, 6.07) is 7.69. The fourth-order valence-electron chi connectivity index (χ4n) is 4.25. The fraction of sp³-hybridized carbons (Fsp3) is 0.500. The van der Waals surface area contributed by atoms with E-state index in [0.717, 1.165) is 45.6 Å². The van der Waals surface area contributed by atoms with Crippen LogP contribution in [0.4, 0.5) is 4.39 Å². The number of aromatic nitrogens is 2. The van der Waals surface area contributed by atoms with E-state index in [4.69, 9.17) is 0 Å². The zero-order valence-corrected chi connectivity index (χ0v) is 17.1. The third kappa shape index (κ3) is 4.87. The number of carbonyl (C=O) groups excluding carboxylic acids is 2. The summed E-state index contributed by atoms with van der Waals surface area (Å²) < 4.78 is 14.8. The van der Waals surface area contributed by atoms with Crippen molar-refractivity contribution in [3.05, 3.63) is 48.0 Å². The number of hydrogen-bond acceptors (Lipinski definition) is 4. The van der Waals surface area contributed by atoms with Crippen LogP contribution in [0.3, 0.4) is 0 Å². The highest BCUT2D eigenvalue weighted by Crippen LogP contribution is 2.26. The van der Waals surface area contributed by atoms with Crippen LogP contribution in [-0.2, 0) is 4.79 Å². The first-order valence-corrected chi connectivity index (χ1v) is 10.7. The molecule has 2 heterocycles. The van der Waals surface area contributed by atoms with Gasteiger partial charge in [0.1, 0.15) is 5.82 Å². The van der Waals surface area contributed by atoms with Crippen LogP contribution >= 0.6 is 0 Å². The third-order valence-electron chi connectivity index (χ3n) is 6.00. The molecule has 0 atom stereocenters. The summed E-state index contributed by atoms with van der Waals surface area (Å²) in [4.78, 5) is 29.1. The van der Waals surface area contributed by atoms with Gasteiger partial charge in [-0.3, -0.25) is 14.5 Å². The Hall–Kier alpha value is -2.74. The van der Waals surface area contributed by atoms with E-state index >= 15 is 0 Å². The number of halogens is 1. The number of piperazine rings is 1. The molecule has 1 saturated heterocycles. The number of nitrogens with one attached hydrogen (secondary N) is 1. The predicted octanol–water partition coefficient (Wildman–Crippen LogP) is 2.08. The minimum Gasteiger partial charge on any atom is -0.349 e. The zero-order valence-electron chi connectivity index (χ0n) is 17.1. The molecule has 0 bridgehead atoms. The molecular formula is C22H28FN5O2. The van der Waals surface area contributed by atoms with Crippen molar-refractivity contribution in [1.82, 2.24) is 24.9 Å². The van der Waals surface area contributed by atoms with Crippen molar-refractivity contribution in [2.24, 2.45) is 5.92 Å². The summed E-state index contributed by atoms with van der Waals surface area (Å²) in [6.07, 6.45) is 6.08. The standard InChI is InChI=1S/C22H28FN5O2/c23-18-6-3-7-19(16-18)28-10-8-20(25-28)21(29)24-9-11-26-12-14-27(15-13-26)22(30)17-4-1-2-5-17/h3,6-8,10,16-17H,1-2,4-5,9,11-15H2,(H,24,29). The molecule has 1 aromatic heterocycles. The second-order valence-electron chi connectivity index (χ2n) is 8.03. The van der Waals surface area contributed by atoms with Crippen LogP contribution in [0.25, 0.3) is 5.69 Å². The van der Waals surface area contributed by atoms with Gasteiger partial charge in [-0.05, 0) is 37.1 Å². The SMILES string of the molecule is O=C(NCCN1CCN(C(=O)C2CCCC2)CC1)c1ccn(-c2cccc(F)c2)n1. The minimum absolute atomic E-state index is 0.239. The average Bonchev–Trinajstić information content (AvgIpc) is 3.46. The van der Waals surface area contributed by atoms with Gasteiger partial charge >= 0.3 is 0 Å². The van der Waals surface area contributed by atoms with Gasteiger partial charge in [0, 0.05) is 51.4 Å². The third-order valence-corrected chi connectivity index (χ3v) is 6.00. The normalized spacial score (nSPS) is 18.0. The van der Waals surface area contributed by atoms with Crippen LogP contribution in [0.5, 0.6) is 0 Å². The van der Waals surface area contributed by atoms with Crippen LogP contribution < -0.4 is 5.32 Å². The first kappa shape index (κ1) is 20.5. The summed E-state index contributed by atoms with van der Waals surface area (Å²) in [7, 11) is 0. The maximum absolute atomic E-state index is 13.4. The van der Waals surface area contributed by atoms with Gasteiger partial charge in [0.15, 0.2) is 5.69 Å². The largest absolute Gasteiger partial charge is 0.349 e. The van der Waals surface area contributed by atoms with Crippen molar-refractivity contribution in [2.75, 3.05) is 39.3 Å². The zero-order chi connectivity index (χ0) is 20.9. The first-order chi connectivity index (χ1) is 14.6. The molecule has 1 saturated carbocycles. The molecule has 1 aliphatic carbocycles. The highest BCUT2D eigenvalue weighted by molar-refractivity contribution is 5.92. The van der Waals surface area contributed by atoms with E-state index in [1.807, 2.05) is 4.90 Å². The van der Waals surface area contributed by atoms with Crippen LogP contribution in [0.1, 0.15) is 36.2 Å². The van der Waals surface area contributed by atoms with Crippen molar-refractivity contribution in [3.8, 4) is 5.69 Å². The number of hydrogen-bond donors (Lipinski definition) is 1. The molecule has 30 heavy (non-hydrogen) atoms. The average molecular weight is 413 g/mol. The van der Waals surface area contributed by atoms with Gasteiger partial charge < -0.3 is 10.2 Å². The molecule has 0 unspecified atom stereocenters. The van der Waals surface area contributed by atoms with Crippen molar-refractivity contribution in [2.45, 2.75) is 25.7 Å². The van der Waals surface area contributed by atoms with Gasteiger partial charge in [-0.15, -0.1) is 0 Å². The quantitative estimate of drug-likeness (QED) is 0.787. The molecule has 2 amide bonds. The Kier molecular flexibility index (Phi) is 6.42. The van der Waals surface area contributed by atoms with Gasteiger partial charge in [-0.25, -0.2) is 9.07 Å². The second-order valence-corrected chi connectivity index (χ2v) is 8.03. The molecule has 7 nitrogen and oxygen atoms in total. The first-order valence-electron chi connectivity index (χ1n) is 10.7. The van der Waals surface area contributed by atoms with Crippen molar-refractivity contribution in [3.63, 3.8) is 0 Å². The maximum atomic E-state index is 13.4. The van der Waals surface area contributed by atoms with Crippen LogP contribution in [0.15, 0.2) is 36.5 Å². The predicted molar refractivity (Wildman–Crippen MR) is 111 cm³/mol. The number of nitrogens with zero attached hydrogens (tertiary/aromatic N) is 4. The van der Waals surface area contributed by atoms with Gasteiger partial charge in [-0.2, -0.15) is 5.10 Å². The van der Waals surface area contributed by atoms with Crippen LogP contribution in [-0.4, -0.2) is 70.7 Å². The Bertz CT molecular complexity index is 885. The lowest BCUT2D eigenvalue weighted by molar-refractivity contribution is -0.137. The Balaban J connectivity index is 1.20. The van der Waals surface area contributed by atoms with Gasteiger partial charge in [-0.1, -0.05) is 18.9 Å². The molecule has 0 radical (unpaired) electrons. The van der Waals surface area contributed by atoms with E-state index in [0.29, 0.717) is 23.8 Å². The molecular weight excluding hydrogens is 385 g/mol. The van der Waals surface area contributed by atoms with E-state index in [-0.39, 0.29) is 17.6 Å². The van der Waals surface area contributed by atoms with Crippen LogP contribution in [0, 0.1) is 11.7 Å². The highest BCUT2D eigenvalue weighted by atomic mass is 19.1. The monoisotopic (exact) mass is 413 g/mol. The fourth-order valence-corrected chi connectivity index (χ4v) is 4.25. The summed E-state index contributed by atoms with van der Waals surface area (Å²) in [5.41, 5.74) is 0.866. The van der Waals surface area contributed by atoms with Gasteiger partial charge in [0.05, 0.1) is 5.69 Å². The van der Waals surface area contributed by atoms with Crippen molar-refractivity contribution < 1.29 is 14.0 Å². The van der Waals surface area contributed by atoms with Gasteiger partial charge in [0.2, 0.25) is 5.91 Å². The van der Waals surface area contributed by atoms with E-state index in [1.165, 1.54) is 29.7 Å². The minimum atomic E-state index is -0.348. The van der Waals surface area contributed by atoms with E-state index < -0.39 is 0 Å². The molecule has 2 aromatic rings. The lowest BCUT2D eigenvalue weighted by Crippen LogP contribution is -2.51. The topological polar surface area (TPSA) is 70.5 Å². The number of benzene rings is 1. The lowest BCUT2D eigenvalue weighted by Gasteiger charge is -2.36. The molecule has 160 valence electrons. The Morgan fingerprint density at radius 1 is 1.10 bits per heavy atom. The Morgan fingerprint density at radius 3 is 2.60 bits per heavy atom. The highest BCUT2D eigenvalue weighted by Gasteiger charge is 2.29. The number of carbonyl (C=O) groups is 2. The van der Waals surface area contributed by atoms with Gasteiger partial charge in [0.25, 0.3) is 5.91 Å². The number of amides is 2. The van der Waals surface area contributed by atoms with E-state index in [9.17, 15) is 14.0 Å². The number of rotatable bonds is 6. The Labute approximate surface area is 175 Å². The van der Waals surface area contributed by atoms with Crippen molar-refractivity contribution in [1.29, 1.82) is 0 Å². The van der Waals surface area contributed by atoms with E-state index in [2.05, 4.69) is 15.3 Å². The summed E-state index contributed by atoms with van der Waals surface area (Å²) in [5.74, 6) is -0.0309. The summed E-state index contributed by atoms with van der Waals surface area (Å²) in [6.45, 7) is 4.46. The second kappa shape index (κ2) is 9.38. The molecule has 1 N–H and O–H groups in total. The molecule has 0 spiro atoms. The molecule has 1 aliphatic heterocycles. The molecule has 2 fully saturated rings. The summed E-state index contributed by atoms with van der Waals surface area (Å²) >= 11 is 0. The molecule has 8 heteroatoms. The van der Waals surface area contributed by atoms with E-state index in [1.54, 1.807) is 24.4 Å². The molecule has 1 aromatic carbocycles. The molecule has 4 rings (SSSR count). The maximum Gasteiger partial charge on any atom is 0.271 e. The van der Waals surface area contributed by atoms with Crippen molar-refractivity contribution >= 4 is 11.8 Å². The Morgan fingerprint density at radius 2 is 1.87 bits per heavy atom. The molecule has 2 aliphatic rings. The lowest BCUT2D eigenvalue weighted by atomic mass is 10.1. The van der Waals surface area contributed by atoms with Crippen LogP contribution in [0.2, 0.25) is 0 Å².